The van der Waals surface area contributed by atoms with Crippen LogP contribution >= 0.6 is 0 Å². The number of aromatic nitrogens is 2. The number of hydrogen-bond donors (Lipinski definition) is 6. The SMILES string of the molecule is C[C@@]1(O)[C@H](O)[C@@H](CO)O[C@H]1N1Cc2ccc3c(=O)[nH][nH]c(=O)c(c2-3)N1. The second-order valence-electron chi connectivity index (χ2n) is 6.55. The molecule has 25 heavy (non-hydrogen) atoms. The third-order valence-corrected chi connectivity index (χ3v) is 4.87. The molecule has 0 aromatic heterocycles. The van der Waals surface area contributed by atoms with Crippen LogP contribution in [-0.2, 0) is 11.3 Å². The van der Waals surface area contributed by atoms with Gasteiger partial charge in [0.2, 0.25) is 0 Å². The van der Waals surface area contributed by atoms with Crippen molar-refractivity contribution in [2.45, 2.75) is 37.5 Å². The summed E-state index contributed by atoms with van der Waals surface area (Å²) in [5.74, 6) is 0. The number of aliphatic hydroxyl groups is 3. The average molecular weight is 350 g/mol. The maximum Gasteiger partial charge on any atom is 0.287 e. The molecule has 10 nitrogen and oxygen atoms in total. The van der Waals surface area contributed by atoms with Gasteiger partial charge in [0.15, 0.2) is 6.23 Å². The van der Waals surface area contributed by atoms with E-state index in [1.54, 1.807) is 12.1 Å². The predicted octanol–water partition coefficient (Wildman–Crippen LogP) is -1.86. The third-order valence-electron chi connectivity index (χ3n) is 4.87. The summed E-state index contributed by atoms with van der Waals surface area (Å²) in [6.07, 6.45) is -3.26. The Bertz CT molecular complexity index is 906. The number of nitrogens with one attached hydrogen (secondary N) is 3. The summed E-state index contributed by atoms with van der Waals surface area (Å²) < 4.78 is 5.58. The molecule has 0 radical (unpaired) electrons. The highest BCUT2D eigenvalue weighted by molar-refractivity contribution is 5.82. The quantitative estimate of drug-likeness (QED) is 0.369. The topological polar surface area (TPSA) is 151 Å². The Kier molecular flexibility index (Phi) is 3.49. The van der Waals surface area contributed by atoms with Crippen LogP contribution in [0.2, 0.25) is 0 Å². The van der Waals surface area contributed by atoms with E-state index < -0.39 is 41.8 Å². The highest BCUT2D eigenvalue weighted by Crippen LogP contribution is 2.39. The highest BCUT2D eigenvalue weighted by Gasteiger charge is 2.55. The number of nitrogens with zero attached hydrogens (tertiary/aromatic N) is 1. The first-order valence-electron chi connectivity index (χ1n) is 7.81. The van der Waals surface area contributed by atoms with E-state index in [0.29, 0.717) is 16.7 Å². The molecule has 10 heteroatoms. The number of anilines is 1. The Balaban J connectivity index is 1.77. The first-order valence-corrected chi connectivity index (χ1v) is 7.81. The molecule has 0 unspecified atom stereocenters. The van der Waals surface area contributed by atoms with Crippen LogP contribution in [0.3, 0.4) is 0 Å². The normalized spacial score (nSPS) is 32.1. The molecule has 4 rings (SSSR count). The van der Waals surface area contributed by atoms with E-state index in [2.05, 4.69) is 15.6 Å². The highest BCUT2D eigenvalue weighted by atomic mass is 16.6. The van der Waals surface area contributed by atoms with Gasteiger partial charge in [0.1, 0.15) is 23.5 Å². The van der Waals surface area contributed by atoms with Crippen molar-refractivity contribution in [3.63, 3.8) is 0 Å². The number of aliphatic hydroxyl groups excluding tert-OH is 2. The van der Waals surface area contributed by atoms with E-state index in [9.17, 15) is 24.9 Å². The Hall–Kier alpha value is -2.24. The molecule has 134 valence electrons. The minimum atomic E-state index is -1.68. The molecule has 0 aromatic rings. The van der Waals surface area contributed by atoms with E-state index in [0.717, 1.165) is 0 Å². The van der Waals surface area contributed by atoms with Gasteiger partial charge in [-0.1, -0.05) is 6.07 Å². The maximum absolute atomic E-state index is 12.3. The van der Waals surface area contributed by atoms with Crippen molar-refractivity contribution in [1.29, 1.82) is 0 Å². The molecule has 1 fully saturated rings. The fourth-order valence-corrected chi connectivity index (χ4v) is 3.54. The van der Waals surface area contributed by atoms with Gasteiger partial charge in [0.05, 0.1) is 12.2 Å². The van der Waals surface area contributed by atoms with Crippen molar-refractivity contribution in [2.75, 3.05) is 12.0 Å². The van der Waals surface area contributed by atoms with Crippen molar-refractivity contribution < 1.29 is 20.1 Å². The zero-order chi connectivity index (χ0) is 17.9. The summed E-state index contributed by atoms with van der Waals surface area (Å²) in [4.78, 5) is 24.3. The van der Waals surface area contributed by atoms with Crippen LogP contribution in [0.1, 0.15) is 12.5 Å². The standard InChI is InChI=1S/C15H18N4O6/c1-15(24)11(21)8(5-20)25-14(15)19-4-6-2-3-7-9(6)10(18-19)13(23)17-16-12(7)22/h2-3,8,11,14,18,20-21,24H,4-5H2,1H3,(H,16,22)(H,17,23)/t8-,11-,14-,15-/m1/s1. The summed E-state index contributed by atoms with van der Waals surface area (Å²) in [7, 11) is 0. The van der Waals surface area contributed by atoms with E-state index in [1.165, 1.54) is 11.9 Å². The fraction of sp³-hybridized carbons (Fsp3) is 0.467. The number of hydrazine groups is 1. The van der Waals surface area contributed by atoms with Crippen molar-refractivity contribution in [2.24, 2.45) is 0 Å². The van der Waals surface area contributed by atoms with Gasteiger partial charge in [0, 0.05) is 12.1 Å². The Labute approximate surface area is 141 Å². The first-order chi connectivity index (χ1) is 11.8. The van der Waals surface area contributed by atoms with E-state index in [-0.39, 0.29) is 12.2 Å². The summed E-state index contributed by atoms with van der Waals surface area (Å²) in [6, 6.07) is 3.34. The van der Waals surface area contributed by atoms with Gasteiger partial charge in [-0.3, -0.25) is 19.8 Å². The molecule has 0 bridgehead atoms. The minimum Gasteiger partial charge on any atom is -0.394 e. The van der Waals surface area contributed by atoms with Gasteiger partial charge in [-0.15, -0.1) is 0 Å². The molecular weight excluding hydrogens is 332 g/mol. The lowest BCUT2D eigenvalue weighted by Crippen LogP contribution is -2.55. The van der Waals surface area contributed by atoms with Crippen molar-refractivity contribution in [1.82, 2.24) is 15.2 Å². The van der Waals surface area contributed by atoms with Crippen LogP contribution < -0.4 is 16.5 Å². The number of H-pyrrole nitrogens is 2. The number of hydrogen-bond acceptors (Lipinski definition) is 8. The molecule has 1 aliphatic carbocycles. The summed E-state index contributed by atoms with van der Waals surface area (Å²) in [6.45, 7) is 1.17. The van der Waals surface area contributed by atoms with Gasteiger partial charge < -0.3 is 25.5 Å². The predicted molar refractivity (Wildman–Crippen MR) is 85.8 cm³/mol. The molecule has 0 spiro atoms. The summed E-state index contributed by atoms with van der Waals surface area (Å²) >= 11 is 0. The van der Waals surface area contributed by atoms with Crippen LogP contribution in [0.5, 0.6) is 0 Å². The van der Waals surface area contributed by atoms with Crippen molar-refractivity contribution in [3.05, 3.63) is 38.4 Å². The van der Waals surface area contributed by atoms with Gasteiger partial charge in [-0.2, -0.15) is 5.01 Å². The lowest BCUT2D eigenvalue weighted by Gasteiger charge is -2.38. The summed E-state index contributed by atoms with van der Waals surface area (Å²) in [5.41, 5.74) is 1.95. The molecule has 3 heterocycles. The third kappa shape index (κ3) is 2.23. The van der Waals surface area contributed by atoms with Crippen LogP contribution in [0.15, 0.2) is 21.7 Å². The van der Waals surface area contributed by atoms with Crippen molar-refractivity contribution in [3.8, 4) is 11.1 Å². The van der Waals surface area contributed by atoms with Crippen LogP contribution in [0, 0.1) is 0 Å². The molecule has 6 N–H and O–H groups in total. The monoisotopic (exact) mass is 350 g/mol. The van der Waals surface area contributed by atoms with Gasteiger partial charge >= 0.3 is 0 Å². The molecule has 0 amide bonds. The lowest BCUT2D eigenvalue weighted by atomic mass is 9.96. The van der Waals surface area contributed by atoms with Crippen molar-refractivity contribution >= 4 is 5.69 Å². The molecule has 3 aliphatic heterocycles. The van der Waals surface area contributed by atoms with E-state index in [1.807, 2.05) is 0 Å². The zero-order valence-corrected chi connectivity index (χ0v) is 13.3. The van der Waals surface area contributed by atoms with Gasteiger partial charge in [-0.25, -0.2) is 0 Å². The molecule has 1 saturated heterocycles. The van der Waals surface area contributed by atoms with Crippen LogP contribution in [0.4, 0.5) is 5.69 Å². The Morgan fingerprint density at radius 2 is 2.04 bits per heavy atom. The summed E-state index contributed by atoms with van der Waals surface area (Å²) in [5, 5.41) is 36.2. The lowest BCUT2D eigenvalue weighted by molar-refractivity contribution is -0.130. The minimum absolute atomic E-state index is 0.140. The smallest absolute Gasteiger partial charge is 0.287 e. The zero-order valence-electron chi connectivity index (χ0n) is 13.3. The van der Waals surface area contributed by atoms with Gasteiger partial charge in [-0.05, 0) is 18.6 Å². The maximum atomic E-state index is 12.3. The number of rotatable bonds is 2. The number of aromatic amines is 2. The Morgan fingerprint density at radius 3 is 2.72 bits per heavy atom. The van der Waals surface area contributed by atoms with Gasteiger partial charge in [0.25, 0.3) is 11.1 Å². The molecular formula is C15H18N4O6. The first kappa shape index (κ1) is 16.2. The van der Waals surface area contributed by atoms with Crippen LogP contribution in [0.25, 0.3) is 11.1 Å². The Morgan fingerprint density at radius 1 is 1.32 bits per heavy atom. The largest absolute Gasteiger partial charge is 0.394 e. The molecule has 0 aromatic carbocycles. The average Bonchev–Trinajstić information content (AvgIpc) is 3.07. The van der Waals surface area contributed by atoms with E-state index >= 15 is 0 Å². The molecule has 4 atom stereocenters. The second-order valence-corrected chi connectivity index (χ2v) is 6.55. The molecule has 4 aliphatic rings. The second kappa shape index (κ2) is 5.38. The van der Waals surface area contributed by atoms with E-state index in [4.69, 9.17) is 4.74 Å². The van der Waals surface area contributed by atoms with Crippen LogP contribution in [-0.4, -0.2) is 61.2 Å². The fourth-order valence-electron chi connectivity index (χ4n) is 3.54. The number of ether oxygens (including phenoxy) is 1. The molecule has 0 saturated carbocycles.